The van der Waals surface area contributed by atoms with E-state index in [0.29, 0.717) is 0 Å². The minimum Gasteiger partial charge on any atom is -0.345 e. The van der Waals surface area contributed by atoms with Crippen molar-refractivity contribution in [1.82, 2.24) is 5.32 Å². The van der Waals surface area contributed by atoms with E-state index >= 15 is 0 Å². The Labute approximate surface area is 204 Å². The highest BCUT2D eigenvalue weighted by atomic mass is 32.2. The first-order chi connectivity index (χ1) is 16.9. The van der Waals surface area contributed by atoms with Crippen molar-refractivity contribution in [3.8, 4) is 0 Å². The van der Waals surface area contributed by atoms with Crippen LogP contribution in [-0.2, 0) is 16.6 Å². The number of carbonyl (C=O) groups excluding carboxylic acids is 1. The third-order valence-corrected chi connectivity index (χ3v) is 7.41. The van der Waals surface area contributed by atoms with Crippen LogP contribution in [0.2, 0.25) is 0 Å². The standard InChI is InChI=1S/C28H25FN2O3S/c1-21(23-16-18-24(29)19-17-23)30-28(32)26-14-8-9-15-27(26)31(20-22-10-4-2-5-11-22)35(33,34)25-12-6-3-7-13-25/h2-19,21H,20H2,1H3,(H,30,32)/t21-/m1/s1. The van der Waals surface area contributed by atoms with Crippen LogP contribution in [0.25, 0.3) is 0 Å². The van der Waals surface area contributed by atoms with Crippen molar-refractivity contribution in [1.29, 1.82) is 0 Å². The van der Waals surface area contributed by atoms with Gasteiger partial charge >= 0.3 is 0 Å². The van der Waals surface area contributed by atoms with E-state index in [4.69, 9.17) is 0 Å². The Morgan fingerprint density at radius 3 is 2.06 bits per heavy atom. The first-order valence-electron chi connectivity index (χ1n) is 11.1. The Morgan fingerprint density at radius 2 is 1.40 bits per heavy atom. The van der Waals surface area contributed by atoms with Gasteiger partial charge in [-0.1, -0.05) is 72.8 Å². The van der Waals surface area contributed by atoms with Crippen LogP contribution in [0.3, 0.4) is 0 Å². The van der Waals surface area contributed by atoms with Crippen LogP contribution in [-0.4, -0.2) is 14.3 Å². The average Bonchev–Trinajstić information content (AvgIpc) is 2.88. The molecule has 0 aliphatic heterocycles. The van der Waals surface area contributed by atoms with Crippen LogP contribution in [0.15, 0.2) is 114 Å². The largest absolute Gasteiger partial charge is 0.345 e. The Balaban J connectivity index is 1.73. The number of amides is 1. The van der Waals surface area contributed by atoms with Crippen molar-refractivity contribution in [3.63, 3.8) is 0 Å². The van der Waals surface area contributed by atoms with Crippen molar-refractivity contribution in [2.24, 2.45) is 0 Å². The molecule has 0 saturated heterocycles. The SMILES string of the molecule is C[C@@H](NC(=O)c1ccccc1N(Cc1ccccc1)S(=O)(=O)c1ccccc1)c1ccc(F)cc1. The van der Waals surface area contributed by atoms with Gasteiger partial charge in [-0.15, -0.1) is 0 Å². The summed E-state index contributed by atoms with van der Waals surface area (Å²) in [6.07, 6.45) is 0. The molecule has 0 aromatic heterocycles. The van der Waals surface area contributed by atoms with Gasteiger partial charge in [-0.25, -0.2) is 12.8 Å². The van der Waals surface area contributed by atoms with Crippen LogP contribution in [0, 0.1) is 5.82 Å². The smallest absolute Gasteiger partial charge is 0.264 e. The van der Waals surface area contributed by atoms with Gasteiger partial charge in [0.2, 0.25) is 0 Å². The second-order valence-electron chi connectivity index (χ2n) is 8.07. The number of carbonyl (C=O) groups is 1. The summed E-state index contributed by atoms with van der Waals surface area (Å²) in [7, 11) is -3.98. The van der Waals surface area contributed by atoms with E-state index in [1.165, 1.54) is 28.6 Å². The molecule has 0 bridgehead atoms. The first-order valence-corrected chi connectivity index (χ1v) is 12.6. The van der Waals surface area contributed by atoms with Gasteiger partial charge in [0.1, 0.15) is 5.82 Å². The lowest BCUT2D eigenvalue weighted by Gasteiger charge is -2.27. The average molecular weight is 489 g/mol. The molecule has 4 aromatic rings. The number of anilines is 1. The minimum absolute atomic E-state index is 0.0515. The van der Waals surface area contributed by atoms with Crippen molar-refractivity contribution >= 4 is 21.6 Å². The number of nitrogens with one attached hydrogen (secondary N) is 1. The van der Waals surface area contributed by atoms with Gasteiger partial charge < -0.3 is 5.32 Å². The highest BCUT2D eigenvalue weighted by Gasteiger charge is 2.28. The van der Waals surface area contributed by atoms with Gasteiger partial charge in [-0.3, -0.25) is 9.10 Å². The Bertz CT molecular complexity index is 1390. The van der Waals surface area contributed by atoms with Crippen LogP contribution in [0.4, 0.5) is 10.1 Å². The van der Waals surface area contributed by atoms with E-state index in [2.05, 4.69) is 5.32 Å². The molecular weight excluding hydrogens is 463 g/mol. The molecule has 7 heteroatoms. The van der Waals surface area contributed by atoms with Crippen LogP contribution in [0.1, 0.15) is 34.5 Å². The number of halogens is 1. The van der Waals surface area contributed by atoms with Gasteiger partial charge in [0.25, 0.3) is 15.9 Å². The van der Waals surface area contributed by atoms with Gasteiger partial charge in [0, 0.05) is 0 Å². The normalized spacial score (nSPS) is 12.1. The van der Waals surface area contributed by atoms with Gasteiger partial charge in [-0.2, -0.15) is 0 Å². The molecule has 0 fully saturated rings. The van der Waals surface area contributed by atoms with E-state index in [9.17, 15) is 17.6 Å². The van der Waals surface area contributed by atoms with Crippen LogP contribution >= 0.6 is 0 Å². The molecule has 178 valence electrons. The highest BCUT2D eigenvalue weighted by Crippen LogP contribution is 2.29. The molecule has 0 aliphatic carbocycles. The molecule has 0 unspecified atom stereocenters. The zero-order valence-electron chi connectivity index (χ0n) is 19.1. The maximum absolute atomic E-state index is 13.7. The van der Waals surface area contributed by atoms with Gasteiger partial charge in [0.15, 0.2) is 0 Å². The fourth-order valence-corrected chi connectivity index (χ4v) is 5.25. The number of sulfonamides is 1. The van der Waals surface area contributed by atoms with Crippen LogP contribution < -0.4 is 9.62 Å². The summed E-state index contributed by atoms with van der Waals surface area (Å²) in [6, 6.07) is 29.4. The summed E-state index contributed by atoms with van der Waals surface area (Å²) >= 11 is 0. The molecular formula is C28H25FN2O3S. The first kappa shape index (κ1) is 24.2. The lowest BCUT2D eigenvalue weighted by Crippen LogP contribution is -2.34. The summed E-state index contributed by atoms with van der Waals surface area (Å²) in [6.45, 7) is 1.84. The Kier molecular flexibility index (Phi) is 7.27. The maximum atomic E-state index is 13.7. The number of para-hydroxylation sites is 1. The quantitative estimate of drug-likeness (QED) is 0.345. The van der Waals surface area contributed by atoms with E-state index < -0.39 is 22.0 Å². The third-order valence-electron chi connectivity index (χ3n) is 5.64. The van der Waals surface area contributed by atoms with E-state index in [-0.39, 0.29) is 28.5 Å². The van der Waals surface area contributed by atoms with Crippen molar-refractivity contribution in [2.45, 2.75) is 24.4 Å². The molecule has 4 aromatic carbocycles. The summed E-state index contributed by atoms with van der Waals surface area (Å²) in [5.41, 5.74) is 2.00. The number of nitrogens with zero attached hydrogens (tertiary/aromatic N) is 1. The molecule has 1 amide bonds. The van der Waals surface area contributed by atoms with E-state index in [0.717, 1.165) is 11.1 Å². The molecule has 0 heterocycles. The topological polar surface area (TPSA) is 66.5 Å². The molecule has 4 rings (SSSR count). The molecule has 1 atom stereocenters. The van der Waals surface area contributed by atoms with Crippen molar-refractivity contribution < 1.29 is 17.6 Å². The molecule has 5 nitrogen and oxygen atoms in total. The molecule has 0 spiro atoms. The van der Waals surface area contributed by atoms with E-state index in [1.54, 1.807) is 61.5 Å². The highest BCUT2D eigenvalue weighted by molar-refractivity contribution is 7.92. The van der Waals surface area contributed by atoms with Gasteiger partial charge in [-0.05, 0) is 54.4 Å². The number of hydrogen-bond acceptors (Lipinski definition) is 3. The van der Waals surface area contributed by atoms with Crippen molar-refractivity contribution in [2.75, 3.05) is 4.31 Å². The molecule has 0 saturated carbocycles. The predicted molar refractivity (Wildman–Crippen MR) is 135 cm³/mol. The summed E-state index contributed by atoms with van der Waals surface area (Å²) in [5, 5.41) is 2.90. The summed E-state index contributed by atoms with van der Waals surface area (Å²) < 4.78 is 42.1. The maximum Gasteiger partial charge on any atom is 0.264 e. The fraction of sp³-hybridized carbons (Fsp3) is 0.107. The molecule has 0 radical (unpaired) electrons. The third kappa shape index (κ3) is 5.58. The summed E-state index contributed by atoms with van der Waals surface area (Å²) in [4.78, 5) is 13.5. The monoisotopic (exact) mass is 488 g/mol. The number of rotatable bonds is 8. The van der Waals surface area contributed by atoms with Crippen LogP contribution in [0.5, 0.6) is 0 Å². The minimum atomic E-state index is -3.98. The molecule has 35 heavy (non-hydrogen) atoms. The summed E-state index contributed by atoms with van der Waals surface area (Å²) in [5.74, 6) is -0.793. The second-order valence-corrected chi connectivity index (χ2v) is 9.94. The zero-order valence-corrected chi connectivity index (χ0v) is 20.0. The lowest BCUT2D eigenvalue weighted by atomic mass is 10.1. The van der Waals surface area contributed by atoms with Crippen molar-refractivity contribution in [3.05, 3.63) is 132 Å². The van der Waals surface area contributed by atoms with E-state index in [1.807, 2.05) is 30.3 Å². The number of hydrogen-bond donors (Lipinski definition) is 1. The number of benzene rings is 4. The molecule has 0 aliphatic rings. The predicted octanol–water partition coefficient (Wildman–Crippen LogP) is 5.71. The lowest BCUT2D eigenvalue weighted by molar-refractivity contribution is 0.0940. The molecule has 1 N–H and O–H groups in total. The second kappa shape index (κ2) is 10.5. The zero-order chi connectivity index (χ0) is 24.8. The Morgan fingerprint density at radius 1 is 0.829 bits per heavy atom. The van der Waals surface area contributed by atoms with Gasteiger partial charge in [0.05, 0.1) is 28.7 Å². The fourth-order valence-electron chi connectivity index (χ4n) is 3.76. The Hall–Kier alpha value is -3.97.